The summed E-state index contributed by atoms with van der Waals surface area (Å²) in [7, 11) is 3.45. The minimum Gasteiger partial charge on any atom is -0.367 e. The zero-order chi connectivity index (χ0) is 15.9. The summed E-state index contributed by atoms with van der Waals surface area (Å²) in [4.78, 5) is 14.0. The largest absolute Gasteiger partial charge is 0.367 e. The first kappa shape index (κ1) is 15.1. The van der Waals surface area contributed by atoms with Gasteiger partial charge in [0.15, 0.2) is 0 Å². The van der Waals surface area contributed by atoms with Crippen LogP contribution >= 0.6 is 11.6 Å². The predicted octanol–water partition coefficient (Wildman–Crippen LogP) is 0.919. The topological polar surface area (TPSA) is 65.2 Å². The smallest absolute Gasteiger partial charge is 0.287 e. The summed E-state index contributed by atoms with van der Waals surface area (Å²) in [6, 6.07) is 0. The second-order valence-electron chi connectivity index (χ2n) is 5.68. The molecular formula is C14H18ClN5O2. The molecule has 0 saturated carbocycles. The van der Waals surface area contributed by atoms with Gasteiger partial charge in [0.2, 0.25) is 0 Å². The SMILES string of the molecule is Cn1cc([C@@]2(C)CN(c3cnn(C)c(=O)c3Cl)CCO2)cn1. The predicted molar refractivity (Wildman–Crippen MR) is 83.2 cm³/mol. The van der Waals surface area contributed by atoms with Gasteiger partial charge in [-0.2, -0.15) is 10.2 Å². The van der Waals surface area contributed by atoms with Crippen molar-refractivity contribution in [3.05, 3.63) is 39.5 Å². The minimum absolute atomic E-state index is 0.188. The van der Waals surface area contributed by atoms with Crippen molar-refractivity contribution in [2.75, 3.05) is 24.6 Å². The lowest BCUT2D eigenvalue weighted by molar-refractivity contribution is -0.0466. The minimum atomic E-state index is -0.503. The van der Waals surface area contributed by atoms with Crippen LogP contribution in [0.4, 0.5) is 5.69 Å². The van der Waals surface area contributed by atoms with E-state index in [-0.39, 0.29) is 10.6 Å². The molecule has 1 atom stereocenters. The van der Waals surface area contributed by atoms with Crippen molar-refractivity contribution in [3.63, 3.8) is 0 Å². The average Bonchev–Trinajstić information content (AvgIpc) is 2.92. The Labute approximate surface area is 133 Å². The highest BCUT2D eigenvalue weighted by Gasteiger charge is 2.36. The first-order valence-corrected chi connectivity index (χ1v) is 7.38. The molecule has 118 valence electrons. The number of rotatable bonds is 2. The Bertz CT molecular complexity index is 756. The van der Waals surface area contributed by atoms with Gasteiger partial charge >= 0.3 is 0 Å². The fraction of sp³-hybridized carbons (Fsp3) is 0.500. The fourth-order valence-corrected chi connectivity index (χ4v) is 2.96. The molecule has 0 amide bonds. The molecule has 2 aromatic rings. The number of anilines is 1. The van der Waals surface area contributed by atoms with Gasteiger partial charge < -0.3 is 9.64 Å². The maximum Gasteiger partial charge on any atom is 0.287 e. The van der Waals surface area contributed by atoms with E-state index in [1.807, 2.05) is 25.1 Å². The molecule has 2 aromatic heterocycles. The van der Waals surface area contributed by atoms with Gasteiger partial charge in [-0.05, 0) is 6.92 Å². The first-order valence-electron chi connectivity index (χ1n) is 7.00. The van der Waals surface area contributed by atoms with Gasteiger partial charge in [-0.15, -0.1) is 0 Å². The Kier molecular flexibility index (Phi) is 3.70. The molecule has 22 heavy (non-hydrogen) atoms. The number of nitrogens with zero attached hydrogens (tertiary/aromatic N) is 5. The molecule has 3 heterocycles. The number of morpholine rings is 1. The van der Waals surface area contributed by atoms with Gasteiger partial charge in [0.1, 0.15) is 10.6 Å². The summed E-state index contributed by atoms with van der Waals surface area (Å²) in [5.74, 6) is 0. The number of ether oxygens (including phenoxy) is 1. The van der Waals surface area contributed by atoms with Crippen LogP contribution in [0.25, 0.3) is 0 Å². The van der Waals surface area contributed by atoms with Crippen LogP contribution in [0.5, 0.6) is 0 Å². The summed E-state index contributed by atoms with van der Waals surface area (Å²) in [5, 5.41) is 8.45. The van der Waals surface area contributed by atoms with Crippen molar-refractivity contribution in [2.24, 2.45) is 14.1 Å². The number of halogens is 1. The second-order valence-corrected chi connectivity index (χ2v) is 6.05. The van der Waals surface area contributed by atoms with Crippen molar-refractivity contribution in [2.45, 2.75) is 12.5 Å². The summed E-state index contributed by atoms with van der Waals surface area (Å²) < 4.78 is 8.94. The third-order valence-corrected chi connectivity index (χ3v) is 4.35. The van der Waals surface area contributed by atoms with E-state index in [0.29, 0.717) is 25.4 Å². The molecule has 1 fully saturated rings. The zero-order valence-corrected chi connectivity index (χ0v) is 13.5. The maximum atomic E-state index is 12.0. The Morgan fingerprint density at radius 3 is 2.77 bits per heavy atom. The Morgan fingerprint density at radius 2 is 2.09 bits per heavy atom. The van der Waals surface area contributed by atoms with Gasteiger partial charge in [0.25, 0.3) is 5.56 Å². The number of hydrogen-bond acceptors (Lipinski definition) is 5. The Morgan fingerprint density at radius 1 is 1.32 bits per heavy atom. The lowest BCUT2D eigenvalue weighted by Gasteiger charge is -2.41. The number of aryl methyl sites for hydroxylation is 2. The van der Waals surface area contributed by atoms with Crippen molar-refractivity contribution >= 4 is 17.3 Å². The van der Waals surface area contributed by atoms with E-state index in [2.05, 4.69) is 10.2 Å². The van der Waals surface area contributed by atoms with Gasteiger partial charge in [0.05, 0.1) is 31.2 Å². The van der Waals surface area contributed by atoms with Crippen LogP contribution in [0.3, 0.4) is 0 Å². The van der Waals surface area contributed by atoms with Gasteiger partial charge in [-0.1, -0.05) is 11.6 Å². The van der Waals surface area contributed by atoms with Crippen molar-refractivity contribution in [1.29, 1.82) is 0 Å². The highest BCUT2D eigenvalue weighted by atomic mass is 35.5. The molecule has 1 aliphatic heterocycles. The normalized spacial score (nSPS) is 22.1. The van der Waals surface area contributed by atoms with Gasteiger partial charge in [-0.3, -0.25) is 9.48 Å². The van der Waals surface area contributed by atoms with Crippen LogP contribution in [-0.2, 0) is 24.4 Å². The molecule has 7 nitrogen and oxygen atoms in total. The van der Waals surface area contributed by atoms with E-state index in [1.165, 1.54) is 4.68 Å². The molecule has 3 rings (SSSR count). The molecule has 1 aliphatic rings. The average molecular weight is 324 g/mol. The third-order valence-electron chi connectivity index (χ3n) is 3.99. The van der Waals surface area contributed by atoms with E-state index in [4.69, 9.17) is 16.3 Å². The summed E-state index contributed by atoms with van der Waals surface area (Å²) in [5.41, 5.74) is 0.834. The number of hydrogen-bond donors (Lipinski definition) is 0. The van der Waals surface area contributed by atoms with Gasteiger partial charge in [-0.25, -0.2) is 4.68 Å². The molecule has 0 bridgehead atoms. The molecule has 0 unspecified atom stereocenters. The van der Waals surface area contributed by atoms with E-state index >= 15 is 0 Å². The molecule has 0 spiro atoms. The lowest BCUT2D eigenvalue weighted by Crippen LogP contribution is -2.48. The van der Waals surface area contributed by atoms with Crippen LogP contribution in [0.2, 0.25) is 5.02 Å². The summed E-state index contributed by atoms with van der Waals surface area (Å²) in [6.07, 6.45) is 5.36. The third kappa shape index (κ3) is 2.50. The lowest BCUT2D eigenvalue weighted by atomic mass is 9.97. The van der Waals surface area contributed by atoms with Crippen molar-refractivity contribution in [1.82, 2.24) is 19.6 Å². The molecule has 0 N–H and O–H groups in total. The molecule has 8 heteroatoms. The molecule has 1 saturated heterocycles. The first-order chi connectivity index (χ1) is 10.4. The van der Waals surface area contributed by atoms with E-state index in [0.717, 1.165) is 5.56 Å². The quantitative estimate of drug-likeness (QED) is 0.822. The van der Waals surface area contributed by atoms with E-state index in [1.54, 1.807) is 24.1 Å². The Balaban J connectivity index is 1.94. The van der Waals surface area contributed by atoms with Crippen LogP contribution in [0.1, 0.15) is 12.5 Å². The Hall–Kier alpha value is -1.86. The summed E-state index contributed by atoms with van der Waals surface area (Å²) in [6.45, 7) is 3.78. The molecular weight excluding hydrogens is 306 g/mol. The maximum absolute atomic E-state index is 12.0. The number of aromatic nitrogens is 4. The van der Waals surface area contributed by atoms with Crippen molar-refractivity contribution < 1.29 is 4.74 Å². The summed E-state index contributed by atoms with van der Waals surface area (Å²) >= 11 is 6.20. The highest BCUT2D eigenvalue weighted by molar-refractivity contribution is 6.33. The fourth-order valence-electron chi connectivity index (χ4n) is 2.67. The zero-order valence-electron chi connectivity index (χ0n) is 12.8. The van der Waals surface area contributed by atoms with Gasteiger partial charge in [0, 0.05) is 32.4 Å². The molecule has 0 radical (unpaired) electrons. The molecule has 0 aliphatic carbocycles. The van der Waals surface area contributed by atoms with E-state index < -0.39 is 5.60 Å². The van der Waals surface area contributed by atoms with Crippen LogP contribution < -0.4 is 10.5 Å². The monoisotopic (exact) mass is 323 g/mol. The van der Waals surface area contributed by atoms with Crippen LogP contribution in [0, 0.1) is 0 Å². The second kappa shape index (κ2) is 5.40. The van der Waals surface area contributed by atoms with E-state index in [9.17, 15) is 4.79 Å². The molecule has 0 aromatic carbocycles. The van der Waals surface area contributed by atoms with Crippen LogP contribution in [0.15, 0.2) is 23.4 Å². The van der Waals surface area contributed by atoms with Crippen molar-refractivity contribution in [3.8, 4) is 0 Å². The highest BCUT2D eigenvalue weighted by Crippen LogP contribution is 2.32. The standard InChI is InChI=1S/C14H18ClN5O2/c1-14(10-6-16-18(2)8-10)9-20(4-5-22-14)11-7-17-19(3)13(21)12(11)15/h6-8H,4-5,9H2,1-3H3/t14-/m1/s1. The van der Waals surface area contributed by atoms with Crippen LogP contribution in [-0.4, -0.2) is 39.3 Å².